The number of nitrogens with zero attached hydrogens (tertiary/aromatic N) is 2. The van der Waals surface area contributed by atoms with Crippen LogP contribution in [0.1, 0.15) is 19.4 Å². The summed E-state index contributed by atoms with van der Waals surface area (Å²) in [4.78, 5) is 11.9. The third-order valence-corrected chi connectivity index (χ3v) is 2.94. The highest BCUT2D eigenvalue weighted by Gasteiger charge is 2.22. The van der Waals surface area contributed by atoms with Gasteiger partial charge in [0.15, 0.2) is 0 Å². The van der Waals surface area contributed by atoms with E-state index in [0.29, 0.717) is 11.3 Å². The van der Waals surface area contributed by atoms with E-state index < -0.39 is 5.92 Å². The van der Waals surface area contributed by atoms with E-state index in [4.69, 9.17) is 10.5 Å². The predicted octanol–water partition coefficient (Wildman–Crippen LogP) is 3.06. The third kappa shape index (κ3) is 3.32. The van der Waals surface area contributed by atoms with Crippen molar-refractivity contribution in [3.63, 3.8) is 0 Å². The van der Waals surface area contributed by atoms with Crippen LogP contribution < -0.4 is 5.32 Å². The molecule has 1 aromatic carbocycles. The van der Waals surface area contributed by atoms with Crippen molar-refractivity contribution in [3.05, 3.63) is 28.2 Å². The van der Waals surface area contributed by atoms with Gasteiger partial charge >= 0.3 is 0 Å². The summed E-state index contributed by atoms with van der Waals surface area (Å²) in [6, 6.07) is 8.95. The molecule has 92 valence electrons. The van der Waals surface area contributed by atoms with E-state index >= 15 is 0 Å². The van der Waals surface area contributed by atoms with Gasteiger partial charge in [-0.25, -0.2) is 0 Å². The molecule has 0 fully saturated rings. The number of anilines is 1. The van der Waals surface area contributed by atoms with Gasteiger partial charge in [-0.05, 0) is 24.1 Å². The molecular formula is C13H12BrN3O. The highest BCUT2D eigenvalue weighted by atomic mass is 79.9. The highest BCUT2D eigenvalue weighted by Crippen LogP contribution is 2.21. The van der Waals surface area contributed by atoms with E-state index in [1.54, 1.807) is 32.0 Å². The maximum atomic E-state index is 11.9. The lowest BCUT2D eigenvalue weighted by atomic mass is 9.96. The van der Waals surface area contributed by atoms with Crippen LogP contribution in [0, 0.1) is 34.5 Å². The van der Waals surface area contributed by atoms with Gasteiger partial charge in [-0.15, -0.1) is 0 Å². The molecule has 0 spiro atoms. The fourth-order valence-corrected chi connectivity index (χ4v) is 1.80. The normalized spacial score (nSPS) is 11.4. The number of carbonyl (C=O) groups is 1. The largest absolute Gasteiger partial charge is 0.324 e. The van der Waals surface area contributed by atoms with Crippen LogP contribution in [0.4, 0.5) is 5.69 Å². The first kappa shape index (κ1) is 14.2. The van der Waals surface area contributed by atoms with Crippen molar-refractivity contribution in [2.75, 3.05) is 5.32 Å². The van der Waals surface area contributed by atoms with Crippen molar-refractivity contribution < 1.29 is 4.79 Å². The summed E-state index contributed by atoms with van der Waals surface area (Å²) >= 11 is 3.25. The first-order valence-electron chi connectivity index (χ1n) is 5.39. The monoisotopic (exact) mass is 305 g/mol. The van der Waals surface area contributed by atoms with Crippen molar-refractivity contribution in [1.29, 1.82) is 10.5 Å². The molecule has 1 unspecified atom stereocenters. The number of amides is 1. The molecule has 18 heavy (non-hydrogen) atoms. The molecule has 1 amide bonds. The lowest BCUT2D eigenvalue weighted by Gasteiger charge is -2.13. The van der Waals surface area contributed by atoms with Gasteiger partial charge in [0.1, 0.15) is 12.0 Å². The van der Waals surface area contributed by atoms with E-state index in [0.717, 1.165) is 4.47 Å². The standard InChI is InChI=1S/C13H12BrN3O/c1-8(2)11(7-16)13(18)17-12-4-3-10(14)5-9(12)6-15/h3-5,8,11H,1-2H3,(H,17,18). The summed E-state index contributed by atoms with van der Waals surface area (Å²) in [5, 5.41) is 20.5. The fraction of sp³-hybridized carbons (Fsp3) is 0.308. The van der Waals surface area contributed by atoms with Crippen LogP contribution >= 0.6 is 15.9 Å². The van der Waals surface area contributed by atoms with Gasteiger partial charge in [-0.3, -0.25) is 4.79 Å². The Hall–Kier alpha value is -1.85. The van der Waals surface area contributed by atoms with E-state index in [1.807, 2.05) is 12.1 Å². The van der Waals surface area contributed by atoms with Gasteiger partial charge in [0, 0.05) is 4.47 Å². The van der Waals surface area contributed by atoms with Crippen LogP contribution in [0.25, 0.3) is 0 Å². The van der Waals surface area contributed by atoms with Gasteiger partial charge in [-0.2, -0.15) is 10.5 Å². The van der Waals surface area contributed by atoms with E-state index in [1.165, 1.54) is 0 Å². The fourth-order valence-electron chi connectivity index (χ4n) is 1.44. The average molecular weight is 306 g/mol. The Balaban J connectivity index is 2.96. The molecule has 0 aliphatic heterocycles. The third-order valence-electron chi connectivity index (χ3n) is 2.45. The number of carbonyl (C=O) groups excluding carboxylic acids is 1. The van der Waals surface area contributed by atoms with Crippen molar-refractivity contribution in [3.8, 4) is 12.1 Å². The van der Waals surface area contributed by atoms with Gasteiger partial charge in [-0.1, -0.05) is 29.8 Å². The summed E-state index contributed by atoms with van der Waals surface area (Å²) in [6.45, 7) is 3.61. The van der Waals surface area contributed by atoms with Crippen molar-refractivity contribution >= 4 is 27.5 Å². The number of halogens is 1. The van der Waals surface area contributed by atoms with Crippen molar-refractivity contribution in [2.45, 2.75) is 13.8 Å². The number of hydrogen-bond donors (Lipinski definition) is 1. The zero-order valence-corrected chi connectivity index (χ0v) is 11.7. The quantitative estimate of drug-likeness (QED) is 0.932. The Labute approximate surface area is 114 Å². The molecule has 5 heteroatoms. The zero-order chi connectivity index (χ0) is 13.7. The predicted molar refractivity (Wildman–Crippen MR) is 71.4 cm³/mol. The summed E-state index contributed by atoms with van der Waals surface area (Å²) in [7, 11) is 0. The first-order chi connectivity index (χ1) is 8.49. The Morgan fingerprint density at radius 3 is 2.56 bits per heavy atom. The molecule has 0 radical (unpaired) electrons. The van der Waals surface area contributed by atoms with E-state index in [2.05, 4.69) is 21.2 Å². The van der Waals surface area contributed by atoms with E-state index in [-0.39, 0.29) is 11.8 Å². The Morgan fingerprint density at radius 1 is 1.39 bits per heavy atom. The smallest absolute Gasteiger partial charge is 0.242 e. The van der Waals surface area contributed by atoms with Crippen LogP contribution in [0.2, 0.25) is 0 Å². The van der Waals surface area contributed by atoms with Gasteiger partial charge < -0.3 is 5.32 Å². The van der Waals surface area contributed by atoms with Crippen molar-refractivity contribution in [2.24, 2.45) is 11.8 Å². The number of benzene rings is 1. The van der Waals surface area contributed by atoms with Crippen LogP contribution in [-0.4, -0.2) is 5.91 Å². The molecule has 4 nitrogen and oxygen atoms in total. The average Bonchev–Trinajstić information content (AvgIpc) is 2.31. The molecular weight excluding hydrogens is 294 g/mol. The SMILES string of the molecule is CC(C)C(C#N)C(=O)Nc1ccc(Br)cc1C#N. The lowest BCUT2D eigenvalue weighted by molar-refractivity contribution is -0.119. The molecule has 0 aliphatic carbocycles. The molecule has 0 aliphatic rings. The molecule has 0 saturated carbocycles. The van der Waals surface area contributed by atoms with Crippen LogP contribution in [0.3, 0.4) is 0 Å². The Morgan fingerprint density at radius 2 is 2.06 bits per heavy atom. The van der Waals surface area contributed by atoms with Crippen LogP contribution in [0.5, 0.6) is 0 Å². The number of rotatable bonds is 3. The second kappa shape index (κ2) is 6.18. The minimum Gasteiger partial charge on any atom is -0.324 e. The second-order valence-corrected chi connectivity index (χ2v) is 5.06. The summed E-state index contributed by atoms with van der Waals surface area (Å²) in [5.41, 5.74) is 0.782. The van der Waals surface area contributed by atoms with Gasteiger partial charge in [0.05, 0.1) is 17.3 Å². The number of nitriles is 2. The number of nitrogens with one attached hydrogen (secondary N) is 1. The topological polar surface area (TPSA) is 76.7 Å². The molecule has 0 bridgehead atoms. The molecule has 1 N–H and O–H groups in total. The highest BCUT2D eigenvalue weighted by molar-refractivity contribution is 9.10. The molecule has 0 heterocycles. The van der Waals surface area contributed by atoms with Crippen LogP contribution in [-0.2, 0) is 4.79 Å². The van der Waals surface area contributed by atoms with Crippen molar-refractivity contribution in [1.82, 2.24) is 0 Å². The molecule has 0 aromatic heterocycles. The minimum absolute atomic E-state index is 0.0732. The second-order valence-electron chi connectivity index (χ2n) is 4.14. The molecule has 1 aromatic rings. The lowest BCUT2D eigenvalue weighted by Crippen LogP contribution is -2.26. The Bertz CT molecular complexity index is 540. The first-order valence-corrected chi connectivity index (χ1v) is 6.19. The van der Waals surface area contributed by atoms with Gasteiger partial charge in [0.2, 0.25) is 5.91 Å². The molecule has 1 rings (SSSR count). The minimum atomic E-state index is -0.722. The summed E-state index contributed by atoms with van der Waals surface area (Å²) < 4.78 is 0.762. The van der Waals surface area contributed by atoms with Crippen LogP contribution in [0.15, 0.2) is 22.7 Å². The Kier molecular flexibility index (Phi) is 4.88. The molecule has 0 saturated heterocycles. The maximum Gasteiger partial charge on any atom is 0.242 e. The summed E-state index contributed by atoms with van der Waals surface area (Å²) in [6.07, 6.45) is 0. The summed E-state index contributed by atoms with van der Waals surface area (Å²) in [5.74, 6) is -1.18. The van der Waals surface area contributed by atoms with Gasteiger partial charge in [0.25, 0.3) is 0 Å². The van der Waals surface area contributed by atoms with E-state index in [9.17, 15) is 4.79 Å². The molecule has 1 atom stereocenters. The maximum absolute atomic E-state index is 11.9. The number of hydrogen-bond acceptors (Lipinski definition) is 3. The zero-order valence-electron chi connectivity index (χ0n) is 10.1.